The number of nitrogens with zero attached hydrogens (tertiary/aromatic N) is 1. The monoisotopic (exact) mass is 248 g/mol. The predicted molar refractivity (Wildman–Crippen MR) is 66.1 cm³/mol. The molecule has 0 fully saturated rings. The van der Waals surface area contributed by atoms with Crippen LogP contribution in [-0.4, -0.2) is 23.2 Å². The van der Waals surface area contributed by atoms with Crippen LogP contribution in [0.3, 0.4) is 0 Å². The van der Waals surface area contributed by atoms with Crippen molar-refractivity contribution < 1.29 is 14.7 Å². The minimum atomic E-state index is -1.01. The Balaban J connectivity index is 2.47. The molecule has 2 rings (SSSR count). The lowest BCUT2D eigenvalue weighted by atomic mass is 10.0. The standard InChI is InChI=1S/C13H16N2O3/c1-9-11(12(16)17)15(18-3)13(2,14-9)10-7-5-4-6-8-10/h4-8,14H,1-3H3,(H,16,17). The van der Waals surface area contributed by atoms with E-state index >= 15 is 0 Å². The molecule has 1 unspecified atom stereocenters. The topological polar surface area (TPSA) is 61.8 Å². The van der Waals surface area contributed by atoms with E-state index in [4.69, 9.17) is 4.84 Å². The highest BCUT2D eigenvalue weighted by atomic mass is 16.7. The third-order valence-corrected chi connectivity index (χ3v) is 3.12. The Morgan fingerprint density at radius 1 is 1.39 bits per heavy atom. The van der Waals surface area contributed by atoms with Crippen molar-refractivity contribution in [3.8, 4) is 0 Å². The van der Waals surface area contributed by atoms with Gasteiger partial charge >= 0.3 is 5.97 Å². The van der Waals surface area contributed by atoms with Gasteiger partial charge in [0, 0.05) is 5.70 Å². The molecule has 0 amide bonds. The Morgan fingerprint density at radius 2 is 2.00 bits per heavy atom. The minimum Gasteiger partial charge on any atom is -0.476 e. The fraction of sp³-hybridized carbons (Fsp3) is 0.308. The second kappa shape index (κ2) is 4.34. The van der Waals surface area contributed by atoms with E-state index in [1.54, 1.807) is 6.92 Å². The highest BCUT2D eigenvalue weighted by Crippen LogP contribution is 2.36. The highest BCUT2D eigenvalue weighted by molar-refractivity contribution is 5.87. The average Bonchev–Trinajstić information content (AvgIpc) is 2.62. The van der Waals surface area contributed by atoms with Crippen molar-refractivity contribution in [3.05, 3.63) is 47.3 Å². The van der Waals surface area contributed by atoms with Gasteiger partial charge in [-0.25, -0.2) is 9.86 Å². The molecule has 18 heavy (non-hydrogen) atoms. The van der Waals surface area contributed by atoms with E-state index in [0.717, 1.165) is 5.56 Å². The lowest BCUT2D eigenvalue weighted by Gasteiger charge is -2.35. The fourth-order valence-electron chi connectivity index (χ4n) is 2.32. The van der Waals surface area contributed by atoms with Crippen LogP contribution in [0.4, 0.5) is 0 Å². The van der Waals surface area contributed by atoms with Gasteiger partial charge in [0.05, 0.1) is 7.11 Å². The number of nitrogens with one attached hydrogen (secondary N) is 1. The van der Waals surface area contributed by atoms with Gasteiger partial charge in [0.1, 0.15) is 0 Å². The Bertz CT molecular complexity index is 498. The zero-order valence-electron chi connectivity index (χ0n) is 10.6. The third-order valence-electron chi connectivity index (χ3n) is 3.12. The smallest absolute Gasteiger partial charge is 0.356 e. The Hall–Kier alpha value is -2.01. The molecule has 1 aliphatic rings. The van der Waals surface area contributed by atoms with Gasteiger partial charge in [0.25, 0.3) is 0 Å². The third kappa shape index (κ3) is 1.73. The van der Waals surface area contributed by atoms with Crippen molar-refractivity contribution in [2.75, 3.05) is 7.11 Å². The summed E-state index contributed by atoms with van der Waals surface area (Å²) in [6, 6.07) is 9.58. The molecule has 0 aromatic heterocycles. The molecule has 1 atom stereocenters. The van der Waals surface area contributed by atoms with Crippen LogP contribution < -0.4 is 5.32 Å². The largest absolute Gasteiger partial charge is 0.476 e. The van der Waals surface area contributed by atoms with E-state index in [2.05, 4.69) is 5.32 Å². The van der Waals surface area contributed by atoms with Crippen LogP contribution in [0.5, 0.6) is 0 Å². The number of hydrogen-bond donors (Lipinski definition) is 2. The summed E-state index contributed by atoms with van der Waals surface area (Å²) in [6.07, 6.45) is 0. The van der Waals surface area contributed by atoms with E-state index < -0.39 is 11.6 Å². The number of rotatable bonds is 3. The number of carboxylic acid groups (broad SMARTS) is 1. The van der Waals surface area contributed by atoms with Crippen LogP contribution in [0.1, 0.15) is 19.4 Å². The van der Waals surface area contributed by atoms with Gasteiger partial charge in [-0.3, -0.25) is 4.84 Å². The van der Waals surface area contributed by atoms with E-state index in [1.165, 1.54) is 12.2 Å². The molecule has 1 aromatic rings. The predicted octanol–water partition coefficient (Wildman–Crippen LogP) is 1.64. The summed E-state index contributed by atoms with van der Waals surface area (Å²) in [4.78, 5) is 16.5. The van der Waals surface area contributed by atoms with E-state index in [0.29, 0.717) is 5.70 Å². The van der Waals surface area contributed by atoms with E-state index in [1.807, 2.05) is 37.3 Å². The maximum absolute atomic E-state index is 11.3. The van der Waals surface area contributed by atoms with E-state index in [9.17, 15) is 9.90 Å². The first-order valence-corrected chi connectivity index (χ1v) is 5.63. The Labute approximate surface area is 106 Å². The first-order valence-electron chi connectivity index (χ1n) is 5.63. The molecule has 1 aliphatic heterocycles. The van der Waals surface area contributed by atoms with Crippen molar-refractivity contribution >= 4 is 5.97 Å². The normalized spacial score (nSPS) is 23.2. The molecule has 0 aliphatic carbocycles. The van der Waals surface area contributed by atoms with Crippen LogP contribution >= 0.6 is 0 Å². The van der Waals surface area contributed by atoms with E-state index in [-0.39, 0.29) is 5.70 Å². The van der Waals surface area contributed by atoms with Crippen molar-refractivity contribution in [1.29, 1.82) is 0 Å². The molecule has 96 valence electrons. The summed E-state index contributed by atoms with van der Waals surface area (Å²) < 4.78 is 0. The first kappa shape index (κ1) is 12.4. The summed E-state index contributed by atoms with van der Waals surface area (Å²) in [5.41, 5.74) is 0.926. The van der Waals surface area contributed by atoms with Gasteiger partial charge in [-0.05, 0) is 19.4 Å². The molecule has 1 aromatic carbocycles. The van der Waals surface area contributed by atoms with Crippen LogP contribution in [0.25, 0.3) is 0 Å². The Kier molecular flexibility index (Phi) is 3.00. The van der Waals surface area contributed by atoms with Crippen LogP contribution in [0.2, 0.25) is 0 Å². The van der Waals surface area contributed by atoms with Gasteiger partial charge in [-0.1, -0.05) is 30.3 Å². The van der Waals surface area contributed by atoms with Crippen LogP contribution in [0, 0.1) is 0 Å². The SMILES string of the molecule is CON1C(C(=O)O)=C(C)NC1(C)c1ccccc1. The molecule has 5 nitrogen and oxygen atoms in total. The maximum Gasteiger partial charge on any atom is 0.356 e. The van der Waals surface area contributed by atoms with Gasteiger partial charge in [-0.15, -0.1) is 0 Å². The fourth-order valence-corrected chi connectivity index (χ4v) is 2.32. The van der Waals surface area contributed by atoms with Gasteiger partial charge in [0.15, 0.2) is 11.4 Å². The first-order chi connectivity index (χ1) is 8.50. The molecule has 2 N–H and O–H groups in total. The number of aliphatic carboxylic acids is 1. The quantitative estimate of drug-likeness (QED) is 0.851. The van der Waals surface area contributed by atoms with Crippen molar-refractivity contribution in [2.24, 2.45) is 0 Å². The number of carbonyl (C=O) groups is 1. The summed E-state index contributed by atoms with van der Waals surface area (Å²) in [5, 5.41) is 13.8. The molecule has 0 bridgehead atoms. The maximum atomic E-state index is 11.3. The lowest BCUT2D eigenvalue weighted by Crippen LogP contribution is -2.47. The van der Waals surface area contributed by atoms with Gasteiger partial charge in [-0.2, -0.15) is 0 Å². The zero-order valence-corrected chi connectivity index (χ0v) is 10.6. The summed E-state index contributed by atoms with van der Waals surface area (Å²) in [5.74, 6) is -1.01. The second-order valence-electron chi connectivity index (χ2n) is 4.32. The number of hydrogen-bond acceptors (Lipinski definition) is 4. The molecule has 0 saturated carbocycles. The van der Waals surface area contributed by atoms with Crippen molar-refractivity contribution in [1.82, 2.24) is 10.4 Å². The molecular formula is C13H16N2O3. The Morgan fingerprint density at radius 3 is 2.50 bits per heavy atom. The van der Waals surface area contributed by atoms with Crippen molar-refractivity contribution in [2.45, 2.75) is 19.5 Å². The molecule has 5 heteroatoms. The van der Waals surface area contributed by atoms with Crippen LogP contribution in [-0.2, 0) is 15.3 Å². The number of benzene rings is 1. The molecule has 0 radical (unpaired) electrons. The molecule has 1 heterocycles. The molecule has 0 spiro atoms. The second-order valence-corrected chi connectivity index (χ2v) is 4.32. The summed E-state index contributed by atoms with van der Waals surface area (Å²) in [7, 11) is 1.46. The van der Waals surface area contributed by atoms with Crippen LogP contribution in [0.15, 0.2) is 41.7 Å². The lowest BCUT2D eigenvalue weighted by molar-refractivity contribution is -0.180. The van der Waals surface area contributed by atoms with Gasteiger partial charge < -0.3 is 10.4 Å². The summed E-state index contributed by atoms with van der Waals surface area (Å²) in [6.45, 7) is 3.61. The molecular weight excluding hydrogens is 232 g/mol. The number of hydroxylamine groups is 2. The minimum absolute atomic E-state index is 0.129. The number of carboxylic acids is 1. The average molecular weight is 248 g/mol. The molecule has 0 saturated heterocycles. The number of allylic oxidation sites excluding steroid dienone is 1. The van der Waals surface area contributed by atoms with Crippen molar-refractivity contribution in [3.63, 3.8) is 0 Å². The van der Waals surface area contributed by atoms with Gasteiger partial charge in [0.2, 0.25) is 0 Å². The highest BCUT2D eigenvalue weighted by Gasteiger charge is 2.44. The zero-order chi connectivity index (χ0) is 13.3. The summed E-state index contributed by atoms with van der Waals surface area (Å²) >= 11 is 0.